The average Bonchev–Trinajstić information content (AvgIpc) is 2.84. The molecule has 0 fully saturated rings. The van der Waals surface area contributed by atoms with E-state index in [-0.39, 0.29) is 5.54 Å². The molecule has 0 unspecified atom stereocenters. The van der Waals surface area contributed by atoms with Gasteiger partial charge in [0.2, 0.25) is 5.88 Å². The molecule has 2 aromatic rings. The van der Waals surface area contributed by atoms with Gasteiger partial charge in [-0.25, -0.2) is 15.0 Å². The second-order valence-corrected chi connectivity index (χ2v) is 6.30. The molecule has 0 spiro atoms. The van der Waals surface area contributed by atoms with Crippen LogP contribution in [0.15, 0.2) is 18.6 Å². The molecule has 5 nitrogen and oxygen atoms in total. The Balaban J connectivity index is 2.12. The second-order valence-electron chi connectivity index (χ2n) is 5.18. The largest absolute Gasteiger partial charge is 0.481 e. The minimum atomic E-state index is 0.0995. The molecule has 2 rings (SSSR count). The summed E-state index contributed by atoms with van der Waals surface area (Å²) in [6.07, 6.45) is 3.37. The van der Waals surface area contributed by atoms with Crippen molar-refractivity contribution in [2.75, 3.05) is 7.11 Å². The van der Waals surface area contributed by atoms with Crippen molar-refractivity contribution in [1.82, 2.24) is 20.3 Å². The lowest BCUT2D eigenvalue weighted by Crippen LogP contribution is -2.34. The number of ether oxygens (including phenoxy) is 1. The molecule has 19 heavy (non-hydrogen) atoms. The standard InChI is InChI=1S/C13H18N4OS/c1-13(2,3)17-7-9-6-14-12(19-9)10-5-11(18-4)16-8-15-10/h5-6,8,17H,7H2,1-4H3. The Hall–Kier alpha value is -1.53. The van der Waals surface area contributed by atoms with Gasteiger partial charge in [-0.1, -0.05) is 0 Å². The molecule has 0 radical (unpaired) electrons. The van der Waals surface area contributed by atoms with Crippen LogP contribution in [-0.2, 0) is 6.54 Å². The van der Waals surface area contributed by atoms with E-state index >= 15 is 0 Å². The van der Waals surface area contributed by atoms with Gasteiger partial charge < -0.3 is 10.1 Å². The molecule has 0 atom stereocenters. The molecule has 2 aromatic heterocycles. The molecule has 6 heteroatoms. The average molecular weight is 278 g/mol. The SMILES string of the molecule is COc1cc(-c2ncc(CNC(C)(C)C)s2)ncn1. The van der Waals surface area contributed by atoms with Gasteiger partial charge in [0.1, 0.15) is 17.0 Å². The van der Waals surface area contributed by atoms with E-state index in [9.17, 15) is 0 Å². The van der Waals surface area contributed by atoms with Crippen LogP contribution in [0.5, 0.6) is 5.88 Å². The van der Waals surface area contributed by atoms with Gasteiger partial charge in [-0.3, -0.25) is 0 Å². The van der Waals surface area contributed by atoms with Crippen LogP contribution in [0.1, 0.15) is 25.6 Å². The lowest BCUT2D eigenvalue weighted by molar-refractivity contribution is 0.397. The van der Waals surface area contributed by atoms with Crippen LogP contribution >= 0.6 is 11.3 Å². The number of thiazole rings is 1. The van der Waals surface area contributed by atoms with Gasteiger partial charge in [-0.2, -0.15) is 0 Å². The number of rotatable bonds is 4. The first-order chi connectivity index (χ1) is 8.98. The first kappa shape index (κ1) is 13.9. The van der Waals surface area contributed by atoms with Gasteiger partial charge >= 0.3 is 0 Å². The lowest BCUT2D eigenvalue weighted by atomic mass is 10.1. The van der Waals surface area contributed by atoms with Gasteiger partial charge in [-0.15, -0.1) is 11.3 Å². The summed E-state index contributed by atoms with van der Waals surface area (Å²) in [5, 5.41) is 4.32. The van der Waals surface area contributed by atoms with Crippen LogP contribution in [0, 0.1) is 0 Å². The van der Waals surface area contributed by atoms with Crippen LogP contribution in [-0.4, -0.2) is 27.6 Å². The molecule has 102 valence electrons. The molecular weight excluding hydrogens is 260 g/mol. The number of methoxy groups -OCH3 is 1. The molecule has 0 aliphatic rings. The maximum Gasteiger partial charge on any atom is 0.216 e. The molecule has 0 bridgehead atoms. The highest BCUT2D eigenvalue weighted by Crippen LogP contribution is 2.25. The Morgan fingerprint density at radius 2 is 2.05 bits per heavy atom. The molecular formula is C13H18N4OS. The van der Waals surface area contributed by atoms with Crippen molar-refractivity contribution in [1.29, 1.82) is 0 Å². The van der Waals surface area contributed by atoms with Crippen molar-refractivity contribution < 1.29 is 4.74 Å². The summed E-state index contributed by atoms with van der Waals surface area (Å²) >= 11 is 1.63. The van der Waals surface area contributed by atoms with Crippen molar-refractivity contribution in [2.24, 2.45) is 0 Å². The lowest BCUT2D eigenvalue weighted by Gasteiger charge is -2.19. The number of hydrogen-bond acceptors (Lipinski definition) is 6. The Morgan fingerprint density at radius 3 is 2.74 bits per heavy atom. The fourth-order valence-electron chi connectivity index (χ4n) is 1.43. The summed E-state index contributed by atoms with van der Waals surface area (Å²) in [4.78, 5) is 13.8. The predicted octanol–water partition coefficient (Wildman–Crippen LogP) is 2.50. The van der Waals surface area contributed by atoms with E-state index in [4.69, 9.17) is 4.74 Å². The summed E-state index contributed by atoms with van der Waals surface area (Å²) < 4.78 is 5.09. The van der Waals surface area contributed by atoms with E-state index in [2.05, 4.69) is 41.0 Å². The van der Waals surface area contributed by atoms with E-state index in [0.29, 0.717) is 5.88 Å². The molecule has 0 aromatic carbocycles. The van der Waals surface area contributed by atoms with Crippen molar-refractivity contribution in [3.63, 3.8) is 0 Å². The highest BCUT2D eigenvalue weighted by atomic mass is 32.1. The zero-order chi connectivity index (χ0) is 13.9. The summed E-state index contributed by atoms with van der Waals surface area (Å²) in [7, 11) is 1.59. The van der Waals surface area contributed by atoms with E-state index < -0.39 is 0 Å². The summed E-state index contributed by atoms with van der Waals surface area (Å²) in [5.74, 6) is 0.551. The Morgan fingerprint density at radius 1 is 1.26 bits per heavy atom. The van der Waals surface area contributed by atoms with E-state index in [0.717, 1.165) is 17.2 Å². The molecule has 0 aliphatic heterocycles. The van der Waals surface area contributed by atoms with Crippen LogP contribution in [0.3, 0.4) is 0 Å². The molecule has 0 amide bonds. The topological polar surface area (TPSA) is 59.9 Å². The number of aromatic nitrogens is 3. The fourth-order valence-corrected chi connectivity index (χ4v) is 2.25. The van der Waals surface area contributed by atoms with Crippen molar-refractivity contribution in [2.45, 2.75) is 32.9 Å². The predicted molar refractivity (Wildman–Crippen MR) is 76.3 cm³/mol. The van der Waals surface area contributed by atoms with Crippen molar-refractivity contribution in [3.05, 3.63) is 23.5 Å². The number of nitrogens with zero attached hydrogens (tertiary/aromatic N) is 3. The van der Waals surface area contributed by atoms with Gasteiger partial charge in [0, 0.05) is 29.2 Å². The Labute approximate surface area is 117 Å². The molecule has 1 N–H and O–H groups in total. The molecule has 0 aliphatic carbocycles. The zero-order valence-corrected chi connectivity index (χ0v) is 12.4. The first-order valence-corrected chi connectivity index (χ1v) is 6.86. The van der Waals surface area contributed by atoms with Gasteiger partial charge in [0.25, 0.3) is 0 Å². The normalized spacial score (nSPS) is 11.6. The third kappa shape index (κ3) is 3.97. The van der Waals surface area contributed by atoms with Crippen molar-refractivity contribution >= 4 is 11.3 Å². The number of nitrogens with one attached hydrogen (secondary N) is 1. The Kier molecular flexibility index (Phi) is 4.11. The van der Waals surface area contributed by atoms with Gasteiger partial charge in [0.05, 0.1) is 7.11 Å². The second kappa shape index (κ2) is 5.63. The number of hydrogen-bond donors (Lipinski definition) is 1. The maximum absolute atomic E-state index is 5.09. The minimum absolute atomic E-state index is 0.0995. The van der Waals surface area contributed by atoms with Crippen LogP contribution < -0.4 is 10.1 Å². The maximum atomic E-state index is 5.09. The highest BCUT2D eigenvalue weighted by molar-refractivity contribution is 7.14. The third-order valence-electron chi connectivity index (χ3n) is 2.42. The first-order valence-electron chi connectivity index (χ1n) is 6.04. The highest BCUT2D eigenvalue weighted by Gasteiger charge is 2.11. The van der Waals surface area contributed by atoms with Crippen LogP contribution in [0.2, 0.25) is 0 Å². The zero-order valence-electron chi connectivity index (χ0n) is 11.6. The van der Waals surface area contributed by atoms with Crippen LogP contribution in [0.25, 0.3) is 10.7 Å². The molecule has 2 heterocycles. The quantitative estimate of drug-likeness (QED) is 0.931. The fraction of sp³-hybridized carbons (Fsp3) is 0.462. The summed E-state index contributed by atoms with van der Waals surface area (Å²) in [5.41, 5.74) is 0.890. The molecule has 0 saturated heterocycles. The monoisotopic (exact) mass is 278 g/mol. The third-order valence-corrected chi connectivity index (χ3v) is 3.44. The van der Waals surface area contributed by atoms with Gasteiger partial charge in [-0.05, 0) is 20.8 Å². The van der Waals surface area contributed by atoms with E-state index in [1.165, 1.54) is 11.2 Å². The minimum Gasteiger partial charge on any atom is -0.481 e. The van der Waals surface area contributed by atoms with Crippen molar-refractivity contribution in [3.8, 4) is 16.6 Å². The van der Waals surface area contributed by atoms with Gasteiger partial charge in [0.15, 0.2) is 0 Å². The van der Waals surface area contributed by atoms with E-state index in [1.54, 1.807) is 24.5 Å². The summed E-state index contributed by atoms with van der Waals surface area (Å²) in [6, 6.07) is 1.79. The molecule has 0 saturated carbocycles. The smallest absolute Gasteiger partial charge is 0.216 e. The summed E-state index contributed by atoms with van der Waals surface area (Å²) in [6.45, 7) is 7.24. The van der Waals surface area contributed by atoms with E-state index in [1.807, 2.05) is 6.20 Å². The van der Waals surface area contributed by atoms with Crippen LogP contribution in [0.4, 0.5) is 0 Å². The Bertz CT molecular complexity index is 548.